The predicted octanol–water partition coefficient (Wildman–Crippen LogP) is 1.28. The Kier molecular flexibility index (Phi) is 4.97. The molecule has 4 aliphatic rings. The first-order valence-corrected chi connectivity index (χ1v) is 11.5. The highest BCUT2D eigenvalue weighted by atomic mass is 16.2. The molecule has 8 heteroatoms. The lowest BCUT2D eigenvalue weighted by Crippen LogP contribution is -2.53. The Balaban J connectivity index is 1.22. The van der Waals surface area contributed by atoms with Gasteiger partial charge in [0, 0.05) is 36.7 Å². The summed E-state index contributed by atoms with van der Waals surface area (Å²) in [6.45, 7) is 5.23. The van der Waals surface area contributed by atoms with Gasteiger partial charge >= 0.3 is 0 Å². The van der Waals surface area contributed by atoms with E-state index in [0.29, 0.717) is 18.0 Å². The standard InChI is InChI=1S/C24H29N5O3/c1-13(23(31)29-18(10-25)7-17-8-20(17)29)11-27-12-19-9-21(27)24(32)28(19)14(2)15-3-5-16(6-4-15)22(26)30/h3-6,13-14,17-21H,7-9,11-12H2,1-2H3,(H2,26,30)/t13-,14-,17+,18-,19-,20?,21-/m0/s1. The van der Waals surface area contributed by atoms with Crippen molar-refractivity contribution >= 4 is 17.7 Å². The normalized spacial score (nSPS) is 32.5. The molecule has 3 amide bonds. The van der Waals surface area contributed by atoms with Gasteiger partial charge in [0.15, 0.2) is 0 Å². The van der Waals surface area contributed by atoms with Crippen LogP contribution < -0.4 is 5.73 Å². The number of fused-ring (bicyclic) bond motifs is 3. The van der Waals surface area contributed by atoms with Crippen LogP contribution in [-0.2, 0) is 9.59 Å². The molecule has 8 nitrogen and oxygen atoms in total. The average molecular weight is 436 g/mol. The Morgan fingerprint density at radius 1 is 1.19 bits per heavy atom. The number of primary amides is 1. The highest BCUT2D eigenvalue weighted by Gasteiger charge is 2.55. The van der Waals surface area contributed by atoms with E-state index in [9.17, 15) is 19.6 Å². The van der Waals surface area contributed by atoms with Gasteiger partial charge in [0.2, 0.25) is 17.7 Å². The minimum atomic E-state index is -0.466. The van der Waals surface area contributed by atoms with Crippen LogP contribution >= 0.6 is 0 Å². The third-order valence-corrected chi connectivity index (χ3v) is 7.85. The summed E-state index contributed by atoms with van der Waals surface area (Å²) in [5.41, 5.74) is 6.75. The molecule has 1 unspecified atom stereocenters. The molecule has 5 rings (SSSR count). The third kappa shape index (κ3) is 3.27. The molecule has 2 bridgehead atoms. The molecule has 4 fully saturated rings. The molecule has 3 aliphatic heterocycles. The number of hydrogen-bond acceptors (Lipinski definition) is 5. The average Bonchev–Trinajstić information content (AvgIpc) is 3.11. The van der Waals surface area contributed by atoms with Crippen LogP contribution in [0.1, 0.15) is 55.1 Å². The van der Waals surface area contributed by atoms with Crippen molar-refractivity contribution in [1.82, 2.24) is 14.7 Å². The van der Waals surface area contributed by atoms with Gasteiger partial charge in [-0.05, 0) is 49.8 Å². The second-order valence-electron chi connectivity index (χ2n) is 9.86. The molecular weight excluding hydrogens is 406 g/mol. The first kappa shape index (κ1) is 21.0. The summed E-state index contributed by atoms with van der Waals surface area (Å²) in [4.78, 5) is 43.5. The lowest BCUT2D eigenvalue weighted by molar-refractivity contribution is -0.142. The SMILES string of the molecule is C[C@@H](CN1C[C@@H]2C[C@H]1C(=O)N2[C@@H](C)c1ccc(C(N)=O)cc1)C(=O)N1C2C[C@H]2C[C@H]1C#N. The molecule has 3 saturated heterocycles. The van der Waals surface area contributed by atoms with Crippen molar-refractivity contribution in [3.05, 3.63) is 35.4 Å². The van der Waals surface area contributed by atoms with Gasteiger partial charge < -0.3 is 15.5 Å². The van der Waals surface area contributed by atoms with Crippen LogP contribution in [0.2, 0.25) is 0 Å². The summed E-state index contributed by atoms with van der Waals surface area (Å²) in [5, 5.41) is 9.40. The summed E-state index contributed by atoms with van der Waals surface area (Å²) in [7, 11) is 0. The lowest BCUT2D eigenvalue weighted by atomic mass is 10.0. The minimum absolute atomic E-state index is 0.0523. The molecule has 1 aromatic rings. The smallest absolute Gasteiger partial charge is 0.248 e. The summed E-state index contributed by atoms with van der Waals surface area (Å²) in [6, 6.07) is 9.20. The predicted molar refractivity (Wildman–Crippen MR) is 116 cm³/mol. The summed E-state index contributed by atoms with van der Waals surface area (Å²) < 4.78 is 0. The number of rotatable bonds is 6. The van der Waals surface area contributed by atoms with Crippen LogP contribution in [0.25, 0.3) is 0 Å². The van der Waals surface area contributed by atoms with Gasteiger partial charge in [-0.25, -0.2) is 0 Å². The Labute approximate surface area is 187 Å². The van der Waals surface area contributed by atoms with E-state index in [1.807, 2.05) is 35.8 Å². The van der Waals surface area contributed by atoms with E-state index in [1.54, 1.807) is 12.1 Å². The molecule has 1 saturated carbocycles. The van der Waals surface area contributed by atoms with E-state index in [4.69, 9.17) is 5.73 Å². The number of piperazine rings is 1. The van der Waals surface area contributed by atoms with E-state index in [2.05, 4.69) is 11.0 Å². The van der Waals surface area contributed by atoms with Crippen molar-refractivity contribution in [3.63, 3.8) is 0 Å². The molecule has 0 spiro atoms. The van der Waals surface area contributed by atoms with E-state index >= 15 is 0 Å². The zero-order chi connectivity index (χ0) is 22.7. The second-order valence-corrected chi connectivity index (χ2v) is 9.86. The zero-order valence-corrected chi connectivity index (χ0v) is 18.5. The highest BCUT2D eigenvalue weighted by molar-refractivity contribution is 5.92. The van der Waals surface area contributed by atoms with Crippen LogP contribution in [0.15, 0.2) is 24.3 Å². The topological polar surface area (TPSA) is 111 Å². The largest absolute Gasteiger partial charge is 0.366 e. The number of carbonyl (C=O) groups excluding carboxylic acids is 3. The van der Waals surface area contributed by atoms with Gasteiger partial charge in [-0.15, -0.1) is 0 Å². The lowest BCUT2D eigenvalue weighted by Gasteiger charge is -2.38. The maximum atomic E-state index is 13.2. The van der Waals surface area contributed by atoms with Crippen LogP contribution in [-0.4, -0.2) is 69.7 Å². The summed E-state index contributed by atoms with van der Waals surface area (Å²) in [6.07, 6.45) is 2.61. The monoisotopic (exact) mass is 435 g/mol. The van der Waals surface area contributed by atoms with Crippen molar-refractivity contribution < 1.29 is 14.4 Å². The molecule has 32 heavy (non-hydrogen) atoms. The molecule has 2 N–H and O–H groups in total. The second kappa shape index (κ2) is 7.59. The Morgan fingerprint density at radius 2 is 1.91 bits per heavy atom. The summed E-state index contributed by atoms with van der Waals surface area (Å²) >= 11 is 0. The zero-order valence-electron chi connectivity index (χ0n) is 18.5. The van der Waals surface area contributed by atoms with Gasteiger partial charge in [0.1, 0.15) is 6.04 Å². The fourth-order valence-electron chi connectivity index (χ4n) is 6.06. The van der Waals surface area contributed by atoms with E-state index in [-0.39, 0.29) is 47.9 Å². The van der Waals surface area contributed by atoms with Crippen LogP contribution in [0, 0.1) is 23.2 Å². The number of nitrogens with zero attached hydrogens (tertiary/aromatic N) is 4. The van der Waals surface area contributed by atoms with Crippen molar-refractivity contribution in [1.29, 1.82) is 5.26 Å². The Bertz CT molecular complexity index is 1000. The van der Waals surface area contributed by atoms with Crippen molar-refractivity contribution in [2.75, 3.05) is 13.1 Å². The van der Waals surface area contributed by atoms with Crippen molar-refractivity contribution in [2.24, 2.45) is 17.6 Å². The number of likely N-dealkylation sites (tertiary alicyclic amines) is 3. The van der Waals surface area contributed by atoms with Crippen molar-refractivity contribution in [3.8, 4) is 6.07 Å². The minimum Gasteiger partial charge on any atom is -0.366 e. The van der Waals surface area contributed by atoms with Crippen LogP contribution in [0.4, 0.5) is 0 Å². The maximum absolute atomic E-state index is 13.2. The highest BCUT2D eigenvalue weighted by Crippen LogP contribution is 2.48. The van der Waals surface area contributed by atoms with Gasteiger partial charge in [-0.3, -0.25) is 19.3 Å². The van der Waals surface area contributed by atoms with E-state index < -0.39 is 5.91 Å². The molecule has 3 heterocycles. The van der Waals surface area contributed by atoms with Gasteiger partial charge in [0.05, 0.1) is 18.2 Å². The summed E-state index contributed by atoms with van der Waals surface area (Å²) in [5.74, 6) is -0.0360. The van der Waals surface area contributed by atoms with Crippen LogP contribution in [0.3, 0.4) is 0 Å². The fourth-order valence-corrected chi connectivity index (χ4v) is 6.06. The van der Waals surface area contributed by atoms with Crippen LogP contribution in [0.5, 0.6) is 0 Å². The number of nitriles is 1. The van der Waals surface area contributed by atoms with Crippen molar-refractivity contribution in [2.45, 2.75) is 63.3 Å². The molecule has 7 atom stereocenters. The Morgan fingerprint density at radius 3 is 2.53 bits per heavy atom. The van der Waals surface area contributed by atoms with Gasteiger partial charge in [0.25, 0.3) is 0 Å². The third-order valence-electron chi connectivity index (χ3n) is 7.85. The molecule has 168 valence electrons. The first-order valence-electron chi connectivity index (χ1n) is 11.5. The van der Waals surface area contributed by atoms with Gasteiger partial charge in [-0.1, -0.05) is 19.1 Å². The Hall–Kier alpha value is -2.92. The molecular formula is C24H29N5O3. The van der Waals surface area contributed by atoms with E-state index in [0.717, 1.165) is 31.4 Å². The number of amides is 3. The molecule has 1 aliphatic carbocycles. The quantitative estimate of drug-likeness (QED) is 0.724. The van der Waals surface area contributed by atoms with E-state index in [1.165, 1.54) is 0 Å². The number of hydrogen-bond donors (Lipinski definition) is 1. The number of nitrogens with two attached hydrogens (primary N) is 1. The molecule has 0 aromatic heterocycles. The van der Waals surface area contributed by atoms with Gasteiger partial charge in [-0.2, -0.15) is 5.26 Å². The molecule has 1 aromatic carbocycles. The first-order chi connectivity index (χ1) is 15.3. The molecule has 0 radical (unpaired) electrons. The number of piperidine rings is 1. The fraction of sp³-hybridized carbons (Fsp3) is 0.583. The maximum Gasteiger partial charge on any atom is 0.248 e. The number of benzene rings is 1. The number of carbonyl (C=O) groups is 3.